The third kappa shape index (κ3) is 3.49. The van der Waals surface area contributed by atoms with Crippen LogP contribution in [0.2, 0.25) is 0 Å². The maximum Gasteiger partial charge on any atom is 0.287 e. The predicted molar refractivity (Wildman–Crippen MR) is 94.8 cm³/mol. The van der Waals surface area contributed by atoms with Gasteiger partial charge in [-0.05, 0) is 25.1 Å². The lowest BCUT2D eigenvalue weighted by Crippen LogP contribution is -2.28. The van der Waals surface area contributed by atoms with Crippen LogP contribution in [0.4, 0.5) is 15.8 Å². The van der Waals surface area contributed by atoms with Crippen molar-refractivity contribution in [1.82, 2.24) is 5.32 Å². The summed E-state index contributed by atoms with van der Waals surface area (Å²) in [5.74, 6) is -0.853. The van der Waals surface area contributed by atoms with Gasteiger partial charge in [-0.3, -0.25) is 14.9 Å². The van der Waals surface area contributed by atoms with E-state index in [4.69, 9.17) is 4.42 Å². The Hall–Kier alpha value is -3.42. The second-order valence-electron chi connectivity index (χ2n) is 5.66. The number of amides is 1. The zero-order chi connectivity index (χ0) is 18.7. The van der Waals surface area contributed by atoms with E-state index in [9.17, 15) is 19.3 Å². The molecule has 0 spiro atoms. The summed E-state index contributed by atoms with van der Waals surface area (Å²) in [7, 11) is 0. The average Bonchev–Trinajstić information content (AvgIpc) is 2.97. The largest absolute Gasteiger partial charge is 0.448 e. The van der Waals surface area contributed by atoms with Gasteiger partial charge in [-0.1, -0.05) is 12.1 Å². The standard InChI is InChI=1S/C18H16FN3O4/c1-11-14-3-2-4-15(19)17(14)26-16(11)18(23)21-10-9-20-12-5-7-13(8-6-12)22(24)25/h2-8,20H,9-10H2,1H3,(H,21,23). The first kappa shape index (κ1) is 17.4. The number of nitrogens with zero attached hydrogens (tertiary/aromatic N) is 1. The minimum Gasteiger partial charge on any atom is -0.448 e. The van der Waals surface area contributed by atoms with Crippen LogP contribution >= 0.6 is 0 Å². The number of nitro groups is 1. The number of hydrogen-bond donors (Lipinski definition) is 2. The van der Waals surface area contributed by atoms with Crippen molar-refractivity contribution in [2.75, 3.05) is 18.4 Å². The highest BCUT2D eigenvalue weighted by molar-refractivity contribution is 5.99. The molecule has 0 bridgehead atoms. The molecule has 0 aliphatic carbocycles. The van der Waals surface area contributed by atoms with E-state index in [1.165, 1.54) is 18.2 Å². The third-order valence-corrected chi connectivity index (χ3v) is 3.94. The molecule has 1 heterocycles. The SMILES string of the molecule is Cc1c(C(=O)NCCNc2ccc([N+](=O)[O-])cc2)oc2c(F)cccc12. The number of nitro benzene ring substituents is 1. The Balaban J connectivity index is 1.57. The van der Waals surface area contributed by atoms with Crippen molar-refractivity contribution in [2.45, 2.75) is 6.92 Å². The number of aryl methyl sites for hydroxylation is 1. The van der Waals surface area contributed by atoms with Crippen LogP contribution in [-0.4, -0.2) is 23.9 Å². The van der Waals surface area contributed by atoms with Crippen molar-refractivity contribution in [3.63, 3.8) is 0 Å². The molecule has 8 heteroatoms. The average molecular weight is 357 g/mol. The molecule has 3 rings (SSSR count). The van der Waals surface area contributed by atoms with Gasteiger partial charge in [0.1, 0.15) is 0 Å². The van der Waals surface area contributed by atoms with Gasteiger partial charge >= 0.3 is 0 Å². The predicted octanol–water partition coefficient (Wildman–Crippen LogP) is 3.63. The summed E-state index contributed by atoms with van der Waals surface area (Å²) in [5.41, 5.74) is 1.36. The minimum atomic E-state index is -0.510. The monoisotopic (exact) mass is 357 g/mol. The van der Waals surface area contributed by atoms with Gasteiger partial charge in [0.05, 0.1) is 4.92 Å². The van der Waals surface area contributed by atoms with Crippen LogP contribution in [0.3, 0.4) is 0 Å². The molecule has 2 N–H and O–H groups in total. The Morgan fingerprint density at radius 1 is 1.19 bits per heavy atom. The molecule has 0 fully saturated rings. The smallest absolute Gasteiger partial charge is 0.287 e. The van der Waals surface area contributed by atoms with Gasteiger partial charge in [0, 0.05) is 41.9 Å². The Kier molecular flexibility index (Phi) is 4.83. The number of furan rings is 1. The van der Waals surface area contributed by atoms with Crippen LogP contribution in [0, 0.1) is 22.9 Å². The minimum absolute atomic E-state index is 0.0106. The number of carbonyl (C=O) groups excluding carboxylic acids is 1. The molecule has 134 valence electrons. The van der Waals surface area contributed by atoms with Crippen LogP contribution in [0.25, 0.3) is 11.0 Å². The topological polar surface area (TPSA) is 97.4 Å². The third-order valence-electron chi connectivity index (χ3n) is 3.94. The summed E-state index contributed by atoms with van der Waals surface area (Å²) in [5, 5.41) is 16.9. The summed E-state index contributed by atoms with van der Waals surface area (Å²) in [6.07, 6.45) is 0. The fraction of sp³-hybridized carbons (Fsp3) is 0.167. The van der Waals surface area contributed by atoms with Crippen LogP contribution < -0.4 is 10.6 Å². The molecular weight excluding hydrogens is 341 g/mol. The number of anilines is 1. The lowest BCUT2D eigenvalue weighted by atomic mass is 10.1. The molecule has 2 aromatic carbocycles. The van der Waals surface area contributed by atoms with E-state index in [2.05, 4.69) is 10.6 Å². The van der Waals surface area contributed by atoms with E-state index in [1.54, 1.807) is 31.2 Å². The molecule has 0 aliphatic heterocycles. The summed E-state index contributed by atoms with van der Waals surface area (Å²) >= 11 is 0. The van der Waals surface area contributed by atoms with Crippen LogP contribution in [0.5, 0.6) is 0 Å². The Labute approximate surface area is 148 Å². The maximum atomic E-state index is 13.7. The first-order valence-corrected chi connectivity index (χ1v) is 7.91. The Morgan fingerprint density at radius 2 is 1.92 bits per heavy atom. The van der Waals surface area contributed by atoms with Crippen molar-refractivity contribution < 1.29 is 18.5 Å². The molecule has 7 nitrogen and oxygen atoms in total. The van der Waals surface area contributed by atoms with Crippen molar-refractivity contribution in [3.8, 4) is 0 Å². The molecule has 0 radical (unpaired) electrons. The lowest BCUT2D eigenvalue weighted by Gasteiger charge is -2.07. The second-order valence-corrected chi connectivity index (χ2v) is 5.66. The van der Waals surface area contributed by atoms with E-state index in [0.29, 0.717) is 29.7 Å². The van der Waals surface area contributed by atoms with Crippen molar-refractivity contribution >= 4 is 28.3 Å². The Bertz CT molecular complexity index is 966. The number of carbonyl (C=O) groups is 1. The number of halogens is 1. The molecule has 3 aromatic rings. The fourth-order valence-electron chi connectivity index (χ4n) is 2.59. The fourth-order valence-corrected chi connectivity index (χ4v) is 2.59. The van der Waals surface area contributed by atoms with Gasteiger partial charge in [-0.15, -0.1) is 0 Å². The molecule has 0 saturated heterocycles. The number of rotatable bonds is 6. The highest BCUT2D eigenvalue weighted by atomic mass is 19.1. The van der Waals surface area contributed by atoms with Crippen molar-refractivity contribution in [3.05, 3.63) is 69.7 Å². The number of para-hydroxylation sites is 1. The number of benzene rings is 2. The summed E-state index contributed by atoms with van der Waals surface area (Å²) < 4.78 is 19.1. The molecular formula is C18H16FN3O4. The van der Waals surface area contributed by atoms with Gasteiger partial charge in [-0.2, -0.15) is 0 Å². The van der Waals surface area contributed by atoms with E-state index < -0.39 is 16.6 Å². The molecule has 0 saturated carbocycles. The number of fused-ring (bicyclic) bond motifs is 1. The van der Waals surface area contributed by atoms with Crippen LogP contribution in [0.1, 0.15) is 16.1 Å². The molecule has 0 aliphatic rings. The van der Waals surface area contributed by atoms with Gasteiger partial charge in [-0.25, -0.2) is 4.39 Å². The second kappa shape index (κ2) is 7.22. The van der Waals surface area contributed by atoms with Gasteiger partial charge in [0.15, 0.2) is 17.2 Å². The van der Waals surface area contributed by atoms with E-state index >= 15 is 0 Å². The van der Waals surface area contributed by atoms with Gasteiger partial charge < -0.3 is 15.1 Å². The first-order valence-electron chi connectivity index (χ1n) is 7.91. The highest BCUT2D eigenvalue weighted by Gasteiger charge is 2.19. The zero-order valence-corrected chi connectivity index (χ0v) is 13.9. The molecule has 1 amide bonds. The highest BCUT2D eigenvalue weighted by Crippen LogP contribution is 2.27. The molecule has 0 unspecified atom stereocenters. The molecule has 1 aromatic heterocycles. The van der Waals surface area contributed by atoms with E-state index in [-0.39, 0.29) is 17.0 Å². The lowest BCUT2D eigenvalue weighted by molar-refractivity contribution is -0.384. The maximum absolute atomic E-state index is 13.7. The number of nitrogens with one attached hydrogen (secondary N) is 2. The van der Waals surface area contributed by atoms with E-state index in [0.717, 1.165) is 0 Å². The first-order chi connectivity index (χ1) is 12.5. The number of non-ortho nitro benzene ring substituents is 1. The molecule has 26 heavy (non-hydrogen) atoms. The van der Waals surface area contributed by atoms with Crippen molar-refractivity contribution in [2.24, 2.45) is 0 Å². The van der Waals surface area contributed by atoms with Gasteiger partial charge in [0.2, 0.25) is 0 Å². The van der Waals surface area contributed by atoms with Gasteiger partial charge in [0.25, 0.3) is 11.6 Å². The zero-order valence-electron chi connectivity index (χ0n) is 13.9. The molecule has 0 atom stereocenters. The van der Waals surface area contributed by atoms with Crippen LogP contribution in [-0.2, 0) is 0 Å². The number of hydrogen-bond acceptors (Lipinski definition) is 5. The van der Waals surface area contributed by atoms with Crippen LogP contribution in [0.15, 0.2) is 46.9 Å². The summed E-state index contributed by atoms with van der Waals surface area (Å²) in [4.78, 5) is 22.4. The Morgan fingerprint density at radius 3 is 2.58 bits per heavy atom. The summed E-state index contributed by atoms with van der Waals surface area (Å²) in [6.45, 7) is 2.42. The quantitative estimate of drug-likeness (QED) is 0.399. The van der Waals surface area contributed by atoms with E-state index in [1.807, 2.05) is 0 Å². The summed E-state index contributed by atoms with van der Waals surface area (Å²) in [6, 6.07) is 10.5. The van der Waals surface area contributed by atoms with Crippen molar-refractivity contribution in [1.29, 1.82) is 0 Å². The normalized spacial score (nSPS) is 10.7.